The van der Waals surface area contributed by atoms with Gasteiger partial charge in [0.15, 0.2) is 0 Å². The van der Waals surface area contributed by atoms with E-state index in [1.54, 1.807) is 0 Å². The van der Waals surface area contributed by atoms with E-state index in [1.807, 2.05) is 13.8 Å². The summed E-state index contributed by atoms with van der Waals surface area (Å²) in [5.74, 6) is 0.257. The first-order valence-electron chi connectivity index (χ1n) is 3.73. The fraction of sp³-hybridized carbons (Fsp3) is 0.875. The molecule has 0 saturated carbocycles. The van der Waals surface area contributed by atoms with Crippen LogP contribution in [0.4, 0.5) is 0 Å². The number of rotatable bonds is 5. The minimum Gasteiger partial charge on any atom is -0.298 e. The van der Waals surface area contributed by atoms with Crippen molar-refractivity contribution in [3.8, 4) is 0 Å². The molecule has 0 aromatic carbocycles. The zero-order valence-electron chi connectivity index (χ0n) is 7.24. The van der Waals surface area contributed by atoms with Crippen molar-refractivity contribution < 1.29 is 4.79 Å². The van der Waals surface area contributed by atoms with Crippen molar-refractivity contribution in [1.82, 2.24) is 0 Å². The SMILES string of the molecule is CC(C)(CC(Br)CBr)C(=O)CBr. The van der Waals surface area contributed by atoms with Crippen LogP contribution in [0.1, 0.15) is 20.3 Å². The first-order chi connectivity index (χ1) is 5.44. The summed E-state index contributed by atoms with van der Waals surface area (Å²) < 4.78 is 0. The number of hydrogen-bond donors (Lipinski definition) is 0. The molecule has 0 saturated heterocycles. The van der Waals surface area contributed by atoms with E-state index in [9.17, 15) is 4.79 Å². The molecular formula is C8H13Br3O. The molecule has 0 rings (SSSR count). The van der Waals surface area contributed by atoms with Gasteiger partial charge in [-0.05, 0) is 6.42 Å². The van der Waals surface area contributed by atoms with Crippen LogP contribution in [0.3, 0.4) is 0 Å². The van der Waals surface area contributed by atoms with Crippen LogP contribution < -0.4 is 0 Å². The maximum atomic E-state index is 11.4. The van der Waals surface area contributed by atoms with Crippen molar-refractivity contribution in [2.75, 3.05) is 10.7 Å². The van der Waals surface area contributed by atoms with Gasteiger partial charge in [0.25, 0.3) is 0 Å². The molecule has 0 aromatic rings. The Hall–Kier alpha value is 1.11. The third-order valence-electron chi connectivity index (χ3n) is 1.78. The van der Waals surface area contributed by atoms with E-state index in [-0.39, 0.29) is 11.2 Å². The Morgan fingerprint density at radius 1 is 1.42 bits per heavy atom. The number of carbonyl (C=O) groups is 1. The Bertz CT molecular complexity index is 156. The molecule has 0 aliphatic heterocycles. The van der Waals surface area contributed by atoms with Crippen molar-refractivity contribution in [3.63, 3.8) is 0 Å². The Morgan fingerprint density at radius 2 is 1.92 bits per heavy atom. The zero-order chi connectivity index (χ0) is 9.78. The van der Waals surface area contributed by atoms with Crippen molar-refractivity contribution in [2.45, 2.75) is 25.1 Å². The third-order valence-corrected chi connectivity index (χ3v) is 4.58. The lowest BCUT2D eigenvalue weighted by Crippen LogP contribution is -2.28. The maximum Gasteiger partial charge on any atom is 0.149 e. The van der Waals surface area contributed by atoms with E-state index < -0.39 is 0 Å². The lowest BCUT2D eigenvalue weighted by atomic mass is 9.84. The van der Waals surface area contributed by atoms with E-state index in [0.717, 1.165) is 11.8 Å². The standard InChI is InChI=1S/C8H13Br3O/c1-8(2,7(12)5-10)3-6(11)4-9/h6H,3-5H2,1-2H3. The first kappa shape index (κ1) is 13.1. The number of ketones is 1. The summed E-state index contributed by atoms with van der Waals surface area (Å²) >= 11 is 10.1. The van der Waals surface area contributed by atoms with Crippen LogP contribution in [0.25, 0.3) is 0 Å². The van der Waals surface area contributed by atoms with Crippen molar-refractivity contribution in [1.29, 1.82) is 0 Å². The van der Waals surface area contributed by atoms with Gasteiger partial charge in [-0.25, -0.2) is 0 Å². The van der Waals surface area contributed by atoms with Gasteiger partial charge in [-0.3, -0.25) is 4.79 Å². The first-order valence-corrected chi connectivity index (χ1v) is 6.89. The average Bonchev–Trinajstić information content (AvgIpc) is 2.02. The van der Waals surface area contributed by atoms with Crippen LogP contribution in [0, 0.1) is 5.41 Å². The summed E-state index contributed by atoms with van der Waals surface area (Å²) in [6, 6.07) is 0. The minimum absolute atomic E-state index is 0.231. The summed E-state index contributed by atoms with van der Waals surface area (Å²) in [7, 11) is 0. The van der Waals surface area contributed by atoms with E-state index in [2.05, 4.69) is 47.8 Å². The summed E-state index contributed by atoms with van der Waals surface area (Å²) in [4.78, 5) is 11.8. The topological polar surface area (TPSA) is 17.1 Å². The van der Waals surface area contributed by atoms with Crippen molar-refractivity contribution >= 4 is 53.6 Å². The van der Waals surface area contributed by atoms with E-state index >= 15 is 0 Å². The van der Waals surface area contributed by atoms with Gasteiger partial charge in [0.2, 0.25) is 0 Å². The van der Waals surface area contributed by atoms with Crippen LogP contribution in [0.15, 0.2) is 0 Å². The van der Waals surface area contributed by atoms with Gasteiger partial charge in [-0.1, -0.05) is 61.6 Å². The van der Waals surface area contributed by atoms with Gasteiger partial charge < -0.3 is 0 Å². The Balaban J connectivity index is 4.11. The van der Waals surface area contributed by atoms with Crippen molar-refractivity contribution in [2.24, 2.45) is 5.41 Å². The molecule has 0 aromatic heterocycles. The largest absolute Gasteiger partial charge is 0.298 e. The van der Waals surface area contributed by atoms with Crippen molar-refractivity contribution in [3.05, 3.63) is 0 Å². The van der Waals surface area contributed by atoms with Gasteiger partial charge in [-0.2, -0.15) is 0 Å². The quantitative estimate of drug-likeness (QED) is 0.682. The molecule has 0 spiro atoms. The number of halogens is 3. The highest BCUT2D eigenvalue weighted by atomic mass is 79.9. The monoisotopic (exact) mass is 362 g/mol. The molecule has 72 valence electrons. The van der Waals surface area contributed by atoms with Gasteiger partial charge in [0.05, 0.1) is 5.33 Å². The normalized spacial score (nSPS) is 14.4. The lowest BCUT2D eigenvalue weighted by molar-refractivity contribution is -0.124. The van der Waals surface area contributed by atoms with Crippen LogP contribution in [-0.2, 0) is 4.79 Å². The van der Waals surface area contributed by atoms with Gasteiger partial charge in [0.1, 0.15) is 5.78 Å². The Morgan fingerprint density at radius 3 is 2.25 bits per heavy atom. The van der Waals surface area contributed by atoms with E-state index in [4.69, 9.17) is 0 Å². The second kappa shape index (κ2) is 5.76. The molecule has 0 radical (unpaired) electrons. The molecule has 1 atom stereocenters. The number of carbonyl (C=O) groups excluding carboxylic acids is 1. The molecular weight excluding hydrogens is 352 g/mol. The Kier molecular flexibility index (Phi) is 6.29. The predicted octanol–water partition coefficient (Wildman–Crippen LogP) is 3.53. The molecule has 0 aliphatic carbocycles. The minimum atomic E-state index is -0.231. The fourth-order valence-corrected chi connectivity index (χ4v) is 2.70. The highest BCUT2D eigenvalue weighted by molar-refractivity contribution is 9.12. The number of Topliss-reactive ketones (excluding diaryl/α,β-unsaturated/α-hetero) is 1. The van der Waals surface area contributed by atoms with Crippen LogP contribution >= 0.6 is 47.8 Å². The van der Waals surface area contributed by atoms with E-state index in [1.165, 1.54) is 0 Å². The molecule has 1 nitrogen and oxygen atoms in total. The van der Waals surface area contributed by atoms with Crippen LogP contribution in [0.5, 0.6) is 0 Å². The zero-order valence-corrected chi connectivity index (χ0v) is 12.0. The van der Waals surface area contributed by atoms with E-state index in [0.29, 0.717) is 10.2 Å². The van der Waals surface area contributed by atoms with Gasteiger partial charge >= 0.3 is 0 Å². The molecule has 0 N–H and O–H groups in total. The molecule has 0 fully saturated rings. The molecule has 0 bridgehead atoms. The second-order valence-electron chi connectivity index (χ2n) is 3.40. The number of alkyl halides is 3. The molecule has 4 heteroatoms. The molecule has 0 amide bonds. The summed E-state index contributed by atoms with van der Waals surface area (Å²) in [6.07, 6.45) is 0.864. The van der Waals surface area contributed by atoms with Crippen LogP contribution in [-0.4, -0.2) is 21.3 Å². The highest BCUT2D eigenvalue weighted by Gasteiger charge is 2.28. The average molecular weight is 365 g/mol. The van der Waals surface area contributed by atoms with Gasteiger partial charge in [-0.15, -0.1) is 0 Å². The smallest absolute Gasteiger partial charge is 0.149 e. The Labute approximate surface area is 99.1 Å². The summed E-state index contributed by atoms with van der Waals surface area (Å²) in [5.41, 5.74) is -0.231. The molecule has 12 heavy (non-hydrogen) atoms. The number of hydrogen-bond acceptors (Lipinski definition) is 1. The third kappa shape index (κ3) is 4.38. The molecule has 0 aliphatic rings. The highest BCUT2D eigenvalue weighted by Crippen LogP contribution is 2.28. The molecule has 0 heterocycles. The van der Waals surface area contributed by atoms with Crippen LogP contribution in [0.2, 0.25) is 0 Å². The summed E-state index contributed by atoms with van der Waals surface area (Å²) in [6.45, 7) is 3.96. The lowest BCUT2D eigenvalue weighted by Gasteiger charge is -2.24. The summed E-state index contributed by atoms with van der Waals surface area (Å²) in [5, 5.41) is 1.33. The fourth-order valence-electron chi connectivity index (χ4n) is 0.903. The second-order valence-corrected chi connectivity index (χ2v) is 5.90. The molecule has 1 unspecified atom stereocenters. The predicted molar refractivity (Wildman–Crippen MR) is 63.7 cm³/mol. The maximum absolute atomic E-state index is 11.4. The van der Waals surface area contributed by atoms with Gasteiger partial charge in [0, 0.05) is 15.6 Å².